The first-order valence-corrected chi connectivity index (χ1v) is 5.52. The van der Waals surface area contributed by atoms with Crippen LogP contribution in [0.15, 0.2) is 12.2 Å². The normalized spacial score (nSPS) is 32.8. The molecule has 0 aromatic carbocycles. The predicted molar refractivity (Wildman–Crippen MR) is 55.7 cm³/mol. The van der Waals surface area contributed by atoms with E-state index in [1.807, 2.05) is 0 Å². The van der Waals surface area contributed by atoms with E-state index in [0.717, 1.165) is 25.8 Å². The van der Waals surface area contributed by atoms with E-state index in [2.05, 4.69) is 17.1 Å². The van der Waals surface area contributed by atoms with E-state index < -0.39 is 12.0 Å². The molecular weight excluding hydrogens is 194 g/mol. The molecule has 0 spiro atoms. The zero-order chi connectivity index (χ0) is 10.7. The molecule has 4 heteroatoms. The van der Waals surface area contributed by atoms with Gasteiger partial charge < -0.3 is 9.84 Å². The zero-order valence-corrected chi connectivity index (χ0v) is 8.76. The molecule has 0 saturated carbocycles. The van der Waals surface area contributed by atoms with Crippen molar-refractivity contribution in [1.82, 2.24) is 4.90 Å². The van der Waals surface area contributed by atoms with Gasteiger partial charge in [0.2, 0.25) is 0 Å². The molecule has 1 aliphatic carbocycles. The third kappa shape index (κ3) is 2.38. The topological polar surface area (TPSA) is 49.8 Å². The van der Waals surface area contributed by atoms with Crippen LogP contribution in [0.2, 0.25) is 0 Å². The predicted octanol–water partition coefficient (Wildman–Crippen LogP) is 0.880. The molecule has 1 aliphatic heterocycles. The molecule has 1 fully saturated rings. The number of ether oxygens (including phenoxy) is 1. The molecule has 0 bridgehead atoms. The molecule has 0 amide bonds. The Hall–Kier alpha value is -0.870. The van der Waals surface area contributed by atoms with Gasteiger partial charge in [-0.25, -0.2) is 0 Å². The van der Waals surface area contributed by atoms with Gasteiger partial charge in [-0.05, 0) is 19.3 Å². The zero-order valence-electron chi connectivity index (χ0n) is 8.76. The SMILES string of the molecule is O=C(O)C1COCCN1C1C=CCCC1. The quantitative estimate of drug-likeness (QED) is 0.689. The Bertz CT molecular complexity index is 265. The van der Waals surface area contributed by atoms with Crippen molar-refractivity contribution in [2.24, 2.45) is 0 Å². The van der Waals surface area contributed by atoms with Crippen molar-refractivity contribution in [3.63, 3.8) is 0 Å². The number of aliphatic carboxylic acids is 1. The maximum absolute atomic E-state index is 11.1. The summed E-state index contributed by atoms with van der Waals surface area (Å²) in [5, 5.41) is 9.09. The van der Waals surface area contributed by atoms with Crippen molar-refractivity contribution in [3.05, 3.63) is 12.2 Å². The first-order valence-electron chi connectivity index (χ1n) is 5.52. The smallest absolute Gasteiger partial charge is 0.323 e. The maximum Gasteiger partial charge on any atom is 0.323 e. The van der Waals surface area contributed by atoms with Crippen LogP contribution in [-0.2, 0) is 9.53 Å². The average Bonchev–Trinajstić information content (AvgIpc) is 2.30. The summed E-state index contributed by atoms with van der Waals surface area (Å²) < 4.78 is 5.22. The van der Waals surface area contributed by atoms with E-state index in [1.165, 1.54) is 0 Å². The van der Waals surface area contributed by atoms with Gasteiger partial charge in [0.15, 0.2) is 0 Å². The summed E-state index contributed by atoms with van der Waals surface area (Å²) >= 11 is 0. The molecule has 2 unspecified atom stereocenters. The first-order chi connectivity index (χ1) is 7.29. The van der Waals surface area contributed by atoms with E-state index in [0.29, 0.717) is 19.3 Å². The molecule has 2 aliphatic rings. The Kier molecular flexibility index (Phi) is 3.38. The number of hydrogen-bond donors (Lipinski definition) is 1. The molecule has 1 saturated heterocycles. The molecule has 0 radical (unpaired) electrons. The fraction of sp³-hybridized carbons (Fsp3) is 0.727. The lowest BCUT2D eigenvalue weighted by Crippen LogP contribution is -2.54. The van der Waals surface area contributed by atoms with Gasteiger partial charge in [0, 0.05) is 12.6 Å². The lowest BCUT2D eigenvalue weighted by atomic mass is 9.99. The number of nitrogens with zero attached hydrogens (tertiary/aromatic N) is 1. The van der Waals surface area contributed by atoms with Gasteiger partial charge in [0.05, 0.1) is 13.2 Å². The number of carboxylic acid groups (broad SMARTS) is 1. The van der Waals surface area contributed by atoms with Gasteiger partial charge >= 0.3 is 5.97 Å². The number of rotatable bonds is 2. The monoisotopic (exact) mass is 211 g/mol. The van der Waals surface area contributed by atoms with Crippen LogP contribution in [-0.4, -0.2) is 47.8 Å². The van der Waals surface area contributed by atoms with E-state index in [1.54, 1.807) is 0 Å². The minimum Gasteiger partial charge on any atom is -0.480 e. The molecular formula is C11H17NO3. The lowest BCUT2D eigenvalue weighted by Gasteiger charge is -2.38. The third-order valence-corrected chi connectivity index (χ3v) is 3.11. The van der Waals surface area contributed by atoms with Gasteiger partial charge in [0.25, 0.3) is 0 Å². The highest BCUT2D eigenvalue weighted by molar-refractivity contribution is 5.73. The van der Waals surface area contributed by atoms with Crippen LogP contribution >= 0.6 is 0 Å². The van der Waals surface area contributed by atoms with Crippen molar-refractivity contribution in [1.29, 1.82) is 0 Å². The fourth-order valence-corrected chi connectivity index (χ4v) is 2.30. The highest BCUT2D eigenvalue weighted by atomic mass is 16.5. The maximum atomic E-state index is 11.1. The summed E-state index contributed by atoms with van der Waals surface area (Å²) in [5.74, 6) is -0.770. The standard InChI is InChI=1S/C11H17NO3/c13-11(14)10-8-15-7-6-12(10)9-4-2-1-3-5-9/h2,4,9-10H,1,3,5-8H2,(H,13,14). The second-order valence-corrected chi connectivity index (χ2v) is 4.09. The Morgan fingerprint density at radius 3 is 3.07 bits per heavy atom. The van der Waals surface area contributed by atoms with Crippen LogP contribution in [0.3, 0.4) is 0 Å². The summed E-state index contributed by atoms with van der Waals surface area (Å²) in [6.45, 7) is 1.69. The van der Waals surface area contributed by atoms with Gasteiger partial charge in [-0.15, -0.1) is 0 Å². The Balaban J connectivity index is 2.06. The van der Waals surface area contributed by atoms with Crippen LogP contribution in [0.4, 0.5) is 0 Å². The average molecular weight is 211 g/mol. The van der Waals surface area contributed by atoms with Crippen LogP contribution < -0.4 is 0 Å². The van der Waals surface area contributed by atoms with Crippen LogP contribution in [0.5, 0.6) is 0 Å². The fourth-order valence-electron chi connectivity index (χ4n) is 2.30. The van der Waals surface area contributed by atoms with Crippen molar-refractivity contribution in [3.8, 4) is 0 Å². The van der Waals surface area contributed by atoms with Gasteiger partial charge in [-0.1, -0.05) is 12.2 Å². The van der Waals surface area contributed by atoms with Gasteiger partial charge in [0.1, 0.15) is 6.04 Å². The minimum atomic E-state index is -0.770. The molecule has 2 rings (SSSR count). The second kappa shape index (κ2) is 4.77. The largest absolute Gasteiger partial charge is 0.480 e. The minimum absolute atomic E-state index is 0.295. The first kappa shape index (κ1) is 10.6. The third-order valence-electron chi connectivity index (χ3n) is 3.11. The number of carboxylic acids is 1. The number of morpholine rings is 1. The number of carbonyl (C=O) groups is 1. The van der Waals surface area contributed by atoms with Crippen molar-refractivity contribution >= 4 is 5.97 Å². The molecule has 84 valence electrons. The van der Waals surface area contributed by atoms with Crippen molar-refractivity contribution in [2.45, 2.75) is 31.3 Å². The summed E-state index contributed by atoms with van der Waals surface area (Å²) in [5.41, 5.74) is 0. The Morgan fingerprint density at radius 1 is 1.53 bits per heavy atom. The van der Waals surface area contributed by atoms with E-state index >= 15 is 0 Å². The Morgan fingerprint density at radius 2 is 2.40 bits per heavy atom. The molecule has 0 aromatic heterocycles. The van der Waals surface area contributed by atoms with Crippen LogP contribution in [0.1, 0.15) is 19.3 Å². The molecule has 0 aromatic rings. The highest BCUT2D eigenvalue weighted by Gasteiger charge is 2.33. The molecule has 15 heavy (non-hydrogen) atoms. The van der Waals surface area contributed by atoms with Crippen molar-refractivity contribution in [2.75, 3.05) is 19.8 Å². The number of allylic oxidation sites excluding steroid dienone is 1. The Labute approximate surface area is 89.5 Å². The summed E-state index contributed by atoms with van der Waals surface area (Å²) in [4.78, 5) is 13.1. The summed E-state index contributed by atoms with van der Waals surface area (Å²) in [7, 11) is 0. The van der Waals surface area contributed by atoms with Gasteiger partial charge in [-0.2, -0.15) is 0 Å². The van der Waals surface area contributed by atoms with E-state index in [4.69, 9.17) is 9.84 Å². The molecule has 1 N–H and O–H groups in total. The second-order valence-electron chi connectivity index (χ2n) is 4.09. The highest BCUT2D eigenvalue weighted by Crippen LogP contribution is 2.20. The summed E-state index contributed by atoms with van der Waals surface area (Å²) in [6, 6.07) is -0.171. The van der Waals surface area contributed by atoms with Crippen LogP contribution in [0.25, 0.3) is 0 Å². The van der Waals surface area contributed by atoms with E-state index in [-0.39, 0.29) is 0 Å². The summed E-state index contributed by atoms with van der Waals surface area (Å²) in [6.07, 6.45) is 7.65. The number of hydrogen-bond acceptors (Lipinski definition) is 3. The lowest BCUT2D eigenvalue weighted by molar-refractivity contribution is -0.151. The van der Waals surface area contributed by atoms with E-state index in [9.17, 15) is 4.79 Å². The van der Waals surface area contributed by atoms with Gasteiger partial charge in [-0.3, -0.25) is 9.69 Å². The molecule has 1 heterocycles. The molecule has 4 nitrogen and oxygen atoms in total. The van der Waals surface area contributed by atoms with Crippen LogP contribution in [0, 0.1) is 0 Å². The molecule has 2 atom stereocenters. The van der Waals surface area contributed by atoms with Crippen molar-refractivity contribution < 1.29 is 14.6 Å².